The number of aromatic nitrogens is 5. The molecule has 0 saturated heterocycles. The molecule has 274 valence electrons. The minimum Gasteiger partial charge on any atom is -0.382 e. The van der Waals surface area contributed by atoms with Gasteiger partial charge in [-0.15, -0.1) is 0 Å². The number of halogens is 6. The Morgan fingerprint density at radius 2 is 1.75 bits per heavy atom. The van der Waals surface area contributed by atoms with E-state index in [1.807, 2.05) is 13.0 Å². The molecule has 0 saturated carbocycles. The van der Waals surface area contributed by atoms with Crippen LogP contribution in [0.5, 0.6) is 0 Å². The van der Waals surface area contributed by atoms with E-state index in [4.69, 9.17) is 10.7 Å². The molecular weight excluding hydrogens is 700 g/mol. The van der Waals surface area contributed by atoms with Crippen molar-refractivity contribution < 1.29 is 36.2 Å². The van der Waals surface area contributed by atoms with E-state index in [-0.39, 0.29) is 34.8 Å². The molecule has 0 aliphatic heterocycles. The van der Waals surface area contributed by atoms with Crippen molar-refractivity contribution in [1.29, 1.82) is 0 Å². The molecule has 3 aromatic heterocycles. The van der Waals surface area contributed by atoms with E-state index in [1.165, 1.54) is 26.0 Å². The lowest BCUT2D eigenvalue weighted by Gasteiger charge is -2.27. The van der Waals surface area contributed by atoms with Crippen molar-refractivity contribution in [1.82, 2.24) is 29.9 Å². The van der Waals surface area contributed by atoms with Crippen LogP contribution in [-0.4, -0.2) is 41.2 Å². The van der Waals surface area contributed by atoms with E-state index in [0.29, 0.717) is 32.8 Å². The Balaban J connectivity index is 1.37. The number of nitrogen functional groups attached to an aromatic ring is 1. The zero-order chi connectivity index (χ0) is 38.1. The zero-order valence-corrected chi connectivity index (χ0v) is 28.9. The van der Waals surface area contributed by atoms with Crippen molar-refractivity contribution in [2.75, 3.05) is 5.73 Å². The van der Waals surface area contributed by atoms with Crippen LogP contribution in [0.3, 0.4) is 0 Å². The molecule has 0 fully saturated rings. The highest BCUT2D eigenvalue weighted by Crippen LogP contribution is 2.59. The lowest BCUT2D eigenvalue weighted by atomic mass is 9.81. The van der Waals surface area contributed by atoms with Crippen LogP contribution >= 0.6 is 0 Å². The second-order valence-corrected chi connectivity index (χ2v) is 13.9. The lowest BCUT2D eigenvalue weighted by Crippen LogP contribution is -2.35. The Kier molecular flexibility index (Phi) is 8.64. The number of aryl methyl sites for hydroxylation is 2. The van der Waals surface area contributed by atoms with Crippen LogP contribution < -0.4 is 11.1 Å². The fourth-order valence-electron chi connectivity index (χ4n) is 7.21. The molecule has 15 heteroatoms. The number of rotatable bonds is 8. The van der Waals surface area contributed by atoms with Crippen molar-refractivity contribution in [3.8, 4) is 23.0 Å². The molecule has 1 amide bonds. The molecule has 3 heterocycles. The number of nitrogens with zero attached hydrogens (tertiary/aromatic N) is 5. The van der Waals surface area contributed by atoms with Gasteiger partial charge in [0, 0.05) is 41.1 Å². The van der Waals surface area contributed by atoms with Crippen LogP contribution in [0.15, 0.2) is 54.6 Å². The third kappa shape index (κ3) is 6.41. The standard InChI is InChI=1S/C38H33F6N7O2/c1-18-5-7-24(33-29(18)36(45)49-50(33)4)23-8-6-22(11-12-37(2,3)53)46-31(23)27(15-19-13-20(39)16-21(40)14-19)47-28(52)17-51-34-30(32(48-51)35(41)42)25-9-10-26(25)38(34,43)44/h5-10,13-14,16,25-27,35,53H,15,17H2,1-4H3,(H2,45,49)(H,47,52)/t25-,26+,27-/m0/s1. The smallest absolute Gasteiger partial charge is 0.296 e. The van der Waals surface area contributed by atoms with E-state index in [0.717, 1.165) is 17.7 Å². The molecule has 53 heavy (non-hydrogen) atoms. The Hall–Kier alpha value is -5.62. The highest BCUT2D eigenvalue weighted by atomic mass is 19.3. The van der Waals surface area contributed by atoms with E-state index in [9.17, 15) is 27.5 Å². The van der Waals surface area contributed by atoms with Gasteiger partial charge in [0.25, 0.3) is 12.3 Å². The number of carbonyl (C=O) groups excluding carboxylic acids is 1. The number of alkyl halides is 4. The summed E-state index contributed by atoms with van der Waals surface area (Å²) in [5, 5.41) is 21.8. The first-order valence-electron chi connectivity index (χ1n) is 16.6. The molecule has 0 unspecified atom stereocenters. The topological polar surface area (TPSA) is 124 Å². The normalized spacial score (nSPS) is 17.7. The van der Waals surface area contributed by atoms with Gasteiger partial charge in [-0.05, 0) is 68.5 Å². The highest BCUT2D eigenvalue weighted by molar-refractivity contribution is 6.02. The van der Waals surface area contributed by atoms with Crippen molar-refractivity contribution in [2.45, 2.75) is 63.6 Å². The second-order valence-electron chi connectivity index (χ2n) is 13.9. The van der Waals surface area contributed by atoms with Crippen LogP contribution in [0, 0.1) is 36.3 Å². The molecule has 2 aliphatic carbocycles. The molecule has 5 aromatic rings. The molecule has 0 bridgehead atoms. The number of anilines is 1. The number of allylic oxidation sites excluding steroid dienone is 2. The third-order valence-electron chi connectivity index (χ3n) is 9.46. The van der Waals surface area contributed by atoms with Gasteiger partial charge in [0.1, 0.15) is 40.9 Å². The molecule has 0 radical (unpaired) electrons. The molecule has 4 N–H and O–H groups in total. The molecule has 0 spiro atoms. The summed E-state index contributed by atoms with van der Waals surface area (Å²) in [6, 6.07) is 8.50. The van der Waals surface area contributed by atoms with Gasteiger partial charge in [0.05, 0.1) is 23.2 Å². The summed E-state index contributed by atoms with van der Waals surface area (Å²) in [4.78, 5) is 18.7. The maximum Gasteiger partial charge on any atom is 0.296 e. The summed E-state index contributed by atoms with van der Waals surface area (Å²) in [5.41, 5.74) is 5.86. The van der Waals surface area contributed by atoms with Gasteiger partial charge in [-0.2, -0.15) is 19.0 Å². The van der Waals surface area contributed by atoms with E-state index < -0.39 is 71.3 Å². The predicted molar refractivity (Wildman–Crippen MR) is 184 cm³/mol. The number of carbonyl (C=O) groups is 1. The number of pyridine rings is 1. The fourth-order valence-corrected chi connectivity index (χ4v) is 7.21. The summed E-state index contributed by atoms with van der Waals surface area (Å²) in [6.45, 7) is 3.93. The molecular formula is C38H33F6N7O2. The van der Waals surface area contributed by atoms with Gasteiger partial charge >= 0.3 is 0 Å². The SMILES string of the molecule is Cc1ccc(-c2ccc(C#CC(C)(C)O)nc2[C@H](Cc2cc(F)cc(F)c2)NC(=O)Cn2nc(C(F)F)c3c2C(F)(F)[C@@H]2C=C[C@H]32)c2c1c(N)nn2C. The molecule has 7 rings (SSSR count). The predicted octanol–water partition coefficient (Wildman–Crippen LogP) is 6.54. The van der Waals surface area contributed by atoms with Crippen molar-refractivity contribution in [2.24, 2.45) is 13.0 Å². The minimum atomic E-state index is -3.56. The molecule has 2 aromatic carbocycles. The molecule has 9 nitrogen and oxygen atoms in total. The van der Waals surface area contributed by atoms with Gasteiger partial charge in [-0.3, -0.25) is 14.2 Å². The largest absolute Gasteiger partial charge is 0.382 e. The van der Waals surface area contributed by atoms with Crippen molar-refractivity contribution >= 4 is 22.6 Å². The number of fused-ring (bicyclic) bond motifs is 4. The van der Waals surface area contributed by atoms with Crippen molar-refractivity contribution in [3.05, 3.63) is 106 Å². The quantitative estimate of drug-likeness (QED) is 0.0947. The van der Waals surface area contributed by atoms with Crippen LogP contribution in [0.1, 0.15) is 71.7 Å². The number of nitrogens with two attached hydrogens (primary N) is 1. The summed E-state index contributed by atoms with van der Waals surface area (Å²) in [6.07, 6.45) is -0.763. The summed E-state index contributed by atoms with van der Waals surface area (Å²) in [5.74, 6) is -2.77. The number of amides is 1. The van der Waals surface area contributed by atoms with Gasteiger partial charge in [0.2, 0.25) is 5.91 Å². The number of benzene rings is 2. The fraction of sp³-hybridized carbons (Fsp3) is 0.316. The van der Waals surface area contributed by atoms with Gasteiger partial charge in [-0.1, -0.05) is 30.2 Å². The van der Waals surface area contributed by atoms with Crippen LogP contribution in [-0.2, 0) is 30.7 Å². The first kappa shape index (κ1) is 35.8. The van der Waals surface area contributed by atoms with Crippen molar-refractivity contribution in [3.63, 3.8) is 0 Å². The molecule has 3 atom stereocenters. The van der Waals surface area contributed by atoms with E-state index in [2.05, 4.69) is 27.4 Å². The lowest BCUT2D eigenvalue weighted by molar-refractivity contribution is -0.123. The van der Waals surface area contributed by atoms with E-state index in [1.54, 1.807) is 29.9 Å². The first-order chi connectivity index (χ1) is 24.9. The van der Waals surface area contributed by atoms with E-state index >= 15 is 8.78 Å². The van der Waals surface area contributed by atoms with Crippen LogP contribution in [0.4, 0.5) is 32.2 Å². The second kappa shape index (κ2) is 12.8. The average molecular weight is 734 g/mol. The number of hydrogen-bond acceptors (Lipinski definition) is 6. The number of nitrogens with one attached hydrogen (secondary N) is 1. The zero-order valence-electron chi connectivity index (χ0n) is 28.9. The number of aliphatic hydroxyl groups is 1. The van der Waals surface area contributed by atoms with Crippen LogP contribution in [0.2, 0.25) is 0 Å². The summed E-state index contributed by atoms with van der Waals surface area (Å²) < 4.78 is 90.4. The Morgan fingerprint density at radius 1 is 1.06 bits per heavy atom. The number of hydrogen-bond donors (Lipinski definition) is 3. The summed E-state index contributed by atoms with van der Waals surface area (Å²) >= 11 is 0. The Bertz CT molecular complexity index is 2380. The third-order valence-corrected chi connectivity index (χ3v) is 9.46. The maximum atomic E-state index is 15.5. The highest BCUT2D eigenvalue weighted by Gasteiger charge is 2.60. The summed E-state index contributed by atoms with van der Waals surface area (Å²) in [7, 11) is 1.69. The Labute approximate surface area is 299 Å². The minimum absolute atomic E-state index is 0.113. The Morgan fingerprint density at radius 3 is 2.40 bits per heavy atom. The average Bonchev–Trinajstić information content (AvgIpc) is 3.60. The van der Waals surface area contributed by atoms with Gasteiger partial charge < -0.3 is 16.2 Å². The van der Waals surface area contributed by atoms with Gasteiger partial charge in [0.15, 0.2) is 5.82 Å². The molecule has 2 aliphatic rings. The van der Waals surface area contributed by atoms with Crippen LogP contribution in [0.25, 0.3) is 22.0 Å². The maximum absolute atomic E-state index is 15.5. The first-order valence-corrected chi connectivity index (χ1v) is 16.6. The van der Waals surface area contributed by atoms with Gasteiger partial charge in [-0.25, -0.2) is 22.5 Å². The monoisotopic (exact) mass is 733 g/mol.